The van der Waals surface area contributed by atoms with Crippen molar-refractivity contribution in [2.45, 2.75) is 0 Å². The fourth-order valence-corrected chi connectivity index (χ4v) is 3.11. The van der Waals surface area contributed by atoms with Gasteiger partial charge in [0.1, 0.15) is 17.2 Å². The zero-order valence-corrected chi connectivity index (χ0v) is 12.9. The van der Waals surface area contributed by atoms with E-state index in [1.165, 1.54) is 0 Å². The number of para-hydroxylation sites is 1. The number of halogens is 1. The highest BCUT2D eigenvalue weighted by molar-refractivity contribution is 9.10. The molecule has 0 amide bonds. The number of fused-ring (bicyclic) bond motifs is 1. The molecular weight excluding hydrogens is 328 g/mol. The summed E-state index contributed by atoms with van der Waals surface area (Å²) in [5, 5.41) is 4.42. The van der Waals surface area contributed by atoms with Gasteiger partial charge in [0.15, 0.2) is 0 Å². The van der Waals surface area contributed by atoms with Crippen LogP contribution in [-0.2, 0) is 0 Å². The molecular formula is C17H13BrN2O. The van der Waals surface area contributed by atoms with Crippen LogP contribution in [0.25, 0.3) is 22.3 Å². The van der Waals surface area contributed by atoms with Gasteiger partial charge in [-0.15, -0.1) is 0 Å². The second kappa shape index (κ2) is 5.04. The molecule has 0 spiro atoms. The number of furan rings is 1. The molecule has 1 N–H and O–H groups in total. The molecule has 1 aromatic heterocycles. The highest BCUT2D eigenvalue weighted by Crippen LogP contribution is 2.33. The van der Waals surface area contributed by atoms with Gasteiger partial charge in [-0.25, -0.2) is 0 Å². The van der Waals surface area contributed by atoms with Crippen molar-refractivity contribution >= 4 is 32.7 Å². The minimum absolute atomic E-state index is 0.829. The van der Waals surface area contributed by atoms with Crippen molar-refractivity contribution in [3.05, 3.63) is 58.6 Å². The maximum atomic E-state index is 6.06. The Hall–Kier alpha value is -2.07. The van der Waals surface area contributed by atoms with Gasteiger partial charge in [-0.2, -0.15) is 0 Å². The van der Waals surface area contributed by atoms with Gasteiger partial charge >= 0.3 is 0 Å². The summed E-state index contributed by atoms with van der Waals surface area (Å²) in [7, 11) is 0. The van der Waals surface area contributed by atoms with Gasteiger partial charge in [0, 0.05) is 23.1 Å². The number of nitrogens with one attached hydrogen (secondary N) is 1. The van der Waals surface area contributed by atoms with Crippen molar-refractivity contribution in [2.24, 2.45) is 4.99 Å². The molecule has 4 rings (SSSR count). The molecule has 0 unspecified atom stereocenters. The first-order chi connectivity index (χ1) is 10.3. The first-order valence-corrected chi connectivity index (χ1v) is 7.68. The molecule has 2 aromatic carbocycles. The summed E-state index contributed by atoms with van der Waals surface area (Å²) >= 11 is 3.54. The standard InChI is InChI=1S/C17H13BrN2O/c18-14-7-3-4-11-10-15(21-16(11)14)12-5-1-2-6-13(12)17-19-8-9-20-17/h1-7,10H,8-9H2,(H,19,20). The number of rotatable bonds is 2. The lowest BCUT2D eigenvalue weighted by molar-refractivity contribution is 0.629. The molecule has 1 aliphatic rings. The summed E-state index contributed by atoms with van der Waals surface area (Å²) in [6.07, 6.45) is 0. The van der Waals surface area contributed by atoms with E-state index in [1.807, 2.05) is 24.3 Å². The first kappa shape index (κ1) is 12.7. The van der Waals surface area contributed by atoms with Crippen LogP contribution in [0.3, 0.4) is 0 Å². The van der Waals surface area contributed by atoms with Crippen molar-refractivity contribution in [3.8, 4) is 11.3 Å². The first-order valence-electron chi connectivity index (χ1n) is 6.89. The second-order valence-electron chi connectivity index (χ2n) is 4.97. The van der Waals surface area contributed by atoms with Crippen LogP contribution in [0.4, 0.5) is 0 Å². The van der Waals surface area contributed by atoms with Gasteiger partial charge in [0.25, 0.3) is 0 Å². The normalized spacial score (nSPS) is 14.2. The molecule has 3 nitrogen and oxygen atoms in total. The van der Waals surface area contributed by atoms with E-state index in [1.54, 1.807) is 0 Å². The molecule has 1 aliphatic heterocycles. The van der Waals surface area contributed by atoms with Gasteiger partial charge in [0.05, 0.1) is 11.0 Å². The highest BCUT2D eigenvalue weighted by Gasteiger charge is 2.16. The Kier molecular flexibility index (Phi) is 3.04. The summed E-state index contributed by atoms with van der Waals surface area (Å²) < 4.78 is 7.03. The van der Waals surface area contributed by atoms with Crippen LogP contribution in [-0.4, -0.2) is 18.9 Å². The lowest BCUT2D eigenvalue weighted by Gasteiger charge is -2.07. The molecule has 0 bridgehead atoms. The van der Waals surface area contributed by atoms with E-state index in [0.29, 0.717) is 0 Å². The summed E-state index contributed by atoms with van der Waals surface area (Å²) in [6.45, 7) is 1.73. The summed E-state index contributed by atoms with van der Waals surface area (Å²) in [5.74, 6) is 1.81. The van der Waals surface area contributed by atoms with E-state index >= 15 is 0 Å². The summed E-state index contributed by atoms with van der Waals surface area (Å²) in [5.41, 5.74) is 3.03. The van der Waals surface area contributed by atoms with E-state index in [0.717, 1.165) is 51.3 Å². The summed E-state index contributed by atoms with van der Waals surface area (Å²) in [4.78, 5) is 4.52. The topological polar surface area (TPSA) is 37.5 Å². The number of hydrogen-bond donors (Lipinski definition) is 1. The largest absolute Gasteiger partial charge is 0.455 e. The average molecular weight is 341 g/mol. The molecule has 2 heterocycles. The third-order valence-corrected chi connectivity index (χ3v) is 4.24. The molecule has 0 aliphatic carbocycles. The van der Waals surface area contributed by atoms with Crippen LogP contribution in [0.2, 0.25) is 0 Å². The van der Waals surface area contributed by atoms with E-state index in [9.17, 15) is 0 Å². The average Bonchev–Trinajstić information content (AvgIpc) is 3.17. The molecule has 0 fully saturated rings. The van der Waals surface area contributed by atoms with Gasteiger partial charge in [-0.3, -0.25) is 4.99 Å². The van der Waals surface area contributed by atoms with E-state index in [-0.39, 0.29) is 0 Å². The van der Waals surface area contributed by atoms with Gasteiger partial charge in [-0.05, 0) is 28.1 Å². The van der Waals surface area contributed by atoms with Gasteiger partial charge < -0.3 is 9.73 Å². The summed E-state index contributed by atoms with van der Waals surface area (Å²) in [6, 6.07) is 16.3. The Morgan fingerprint density at radius 1 is 1.05 bits per heavy atom. The lowest BCUT2D eigenvalue weighted by Crippen LogP contribution is -2.20. The Balaban J connectivity index is 1.90. The monoisotopic (exact) mass is 340 g/mol. The third kappa shape index (κ3) is 2.16. The van der Waals surface area contributed by atoms with Crippen LogP contribution >= 0.6 is 15.9 Å². The number of hydrogen-bond acceptors (Lipinski definition) is 3. The Morgan fingerprint density at radius 3 is 2.67 bits per heavy atom. The molecule has 0 saturated carbocycles. The molecule has 3 aromatic rings. The van der Waals surface area contributed by atoms with Crippen LogP contribution in [0.1, 0.15) is 5.56 Å². The zero-order valence-electron chi connectivity index (χ0n) is 11.3. The van der Waals surface area contributed by atoms with Gasteiger partial charge in [-0.1, -0.05) is 36.4 Å². The molecule has 4 heteroatoms. The smallest absolute Gasteiger partial charge is 0.148 e. The molecule has 21 heavy (non-hydrogen) atoms. The highest BCUT2D eigenvalue weighted by atomic mass is 79.9. The number of benzene rings is 2. The van der Waals surface area contributed by atoms with Crippen LogP contribution in [0, 0.1) is 0 Å². The molecule has 0 atom stereocenters. The predicted molar refractivity (Wildman–Crippen MR) is 88.8 cm³/mol. The van der Waals surface area contributed by atoms with E-state index in [2.05, 4.69) is 50.5 Å². The molecule has 104 valence electrons. The van der Waals surface area contributed by atoms with Crippen molar-refractivity contribution in [1.82, 2.24) is 5.32 Å². The fourth-order valence-electron chi connectivity index (χ4n) is 2.64. The Labute approximate surface area is 130 Å². The number of aliphatic imine (C=N–C) groups is 1. The predicted octanol–water partition coefficient (Wildman–Crippen LogP) is 4.21. The van der Waals surface area contributed by atoms with Crippen molar-refractivity contribution in [1.29, 1.82) is 0 Å². The maximum absolute atomic E-state index is 6.06. The number of amidine groups is 1. The minimum atomic E-state index is 0.829. The quantitative estimate of drug-likeness (QED) is 0.758. The van der Waals surface area contributed by atoms with Crippen LogP contribution in [0.15, 0.2) is 62.4 Å². The zero-order chi connectivity index (χ0) is 14.2. The fraction of sp³-hybridized carbons (Fsp3) is 0.118. The van der Waals surface area contributed by atoms with Crippen molar-refractivity contribution in [2.75, 3.05) is 13.1 Å². The van der Waals surface area contributed by atoms with E-state index in [4.69, 9.17) is 4.42 Å². The Bertz CT molecular complexity index is 851. The lowest BCUT2D eigenvalue weighted by atomic mass is 10.0. The third-order valence-electron chi connectivity index (χ3n) is 3.62. The van der Waals surface area contributed by atoms with E-state index < -0.39 is 0 Å². The Morgan fingerprint density at radius 2 is 1.90 bits per heavy atom. The SMILES string of the molecule is Brc1cccc2cc(-c3ccccc3C3=NCCN3)oc12. The van der Waals surface area contributed by atoms with Crippen molar-refractivity contribution in [3.63, 3.8) is 0 Å². The number of nitrogens with zero attached hydrogens (tertiary/aromatic N) is 1. The molecule has 0 saturated heterocycles. The second-order valence-corrected chi connectivity index (χ2v) is 5.83. The van der Waals surface area contributed by atoms with Crippen molar-refractivity contribution < 1.29 is 4.42 Å². The maximum Gasteiger partial charge on any atom is 0.148 e. The minimum Gasteiger partial charge on any atom is -0.455 e. The molecule has 0 radical (unpaired) electrons. The van der Waals surface area contributed by atoms with Crippen LogP contribution < -0.4 is 5.32 Å². The van der Waals surface area contributed by atoms with Gasteiger partial charge in [0.2, 0.25) is 0 Å². The van der Waals surface area contributed by atoms with Crippen LogP contribution in [0.5, 0.6) is 0 Å².